The molecule has 5 nitrogen and oxygen atoms in total. The van der Waals surface area contributed by atoms with Gasteiger partial charge in [0, 0.05) is 18.0 Å². The fourth-order valence-electron chi connectivity index (χ4n) is 1.78. The van der Waals surface area contributed by atoms with Crippen molar-refractivity contribution < 1.29 is 4.52 Å². The highest BCUT2D eigenvalue weighted by atomic mass is 16.5. The first-order valence-corrected chi connectivity index (χ1v) is 5.14. The molecular weight excluding hydrogens is 216 g/mol. The first-order chi connectivity index (χ1) is 8.36. The van der Waals surface area contributed by atoms with E-state index in [4.69, 9.17) is 10.3 Å². The smallest absolute Gasteiger partial charge is 0.230 e. The summed E-state index contributed by atoms with van der Waals surface area (Å²) in [7, 11) is 0. The van der Waals surface area contributed by atoms with Crippen LogP contribution in [0.4, 0.5) is 5.88 Å². The van der Waals surface area contributed by atoms with Gasteiger partial charge in [-0.25, -0.2) is 4.98 Å². The highest BCUT2D eigenvalue weighted by molar-refractivity contribution is 5.78. The van der Waals surface area contributed by atoms with Gasteiger partial charge in [0.15, 0.2) is 0 Å². The molecule has 0 atom stereocenters. The fraction of sp³-hybridized carbons (Fsp3) is 0. The van der Waals surface area contributed by atoms with Gasteiger partial charge in [-0.2, -0.15) is 0 Å². The standard InChI is InChI=1S/C12H10N4O/c13-12-10(7-15-17-12)9-3-1-2-4-11(9)16-6-5-14-8-16/h1-8H,13H2. The molecule has 1 aromatic carbocycles. The summed E-state index contributed by atoms with van der Waals surface area (Å²) in [5, 5.41) is 3.70. The van der Waals surface area contributed by atoms with Gasteiger partial charge in [-0.3, -0.25) is 0 Å². The van der Waals surface area contributed by atoms with Gasteiger partial charge in [-0.15, -0.1) is 0 Å². The summed E-state index contributed by atoms with van der Waals surface area (Å²) < 4.78 is 6.81. The molecule has 0 amide bonds. The summed E-state index contributed by atoms with van der Waals surface area (Å²) >= 11 is 0. The number of benzene rings is 1. The molecular formula is C12H10N4O. The van der Waals surface area contributed by atoms with Crippen molar-refractivity contribution in [2.45, 2.75) is 0 Å². The van der Waals surface area contributed by atoms with Crippen molar-refractivity contribution in [1.82, 2.24) is 14.7 Å². The fourth-order valence-corrected chi connectivity index (χ4v) is 1.78. The van der Waals surface area contributed by atoms with Crippen LogP contribution in [0.2, 0.25) is 0 Å². The zero-order valence-corrected chi connectivity index (χ0v) is 8.95. The van der Waals surface area contributed by atoms with Gasteiger partial charge in [0.2, 0.25) is 5.88 Å². The molecule has 0 aliphatic carbocycles. The molecule has 0 radical (unpaired) electrons. The number of para-hydroxylation sites is 1. The highest BCUT2D eigenvalue weighted by Crippen LogP contribution is 2.30. The van der Waals surface area contributed by atoms with Gasteiger partial charge in [-0.1, -0.05) is 23.4 Å². The minimum absolute atomic E-state index is 0.317. The van der Waals surface area contributed by atoms with Crippen molar-refractivity contribution >= 4 is 5.88 Å². The molecule has 0 fully saturated rings. The molecule has 0 unspecified atom stereocenters. The number of aromatic nitrogens is 3. The predicted molar refractivity (Wildman–Crippen MR) is 63.5 cm³/mol. The van der Waals surface area contributed by atoms with E-state index in [1.807, 2.05) is 35.0 Å². The molecule has 17 heavy (non-hydrogen) atoms. The van der Waals surface area contributed by atoms with Crippen molar-refractivity contribution in [3.8, 4) is 16.8 Å². The number of hydrogen-bond donors (Lipinski definition) is 1. The van der Waals surface area contributed by atoms with E-state index < -0.39 is 0 Å². The third-order valence-corrected chi connectivity index (χ3v) is 2.58. The van der Waals surface area contributed by atoms with Gasteiger partial charge in [0.25, 0.3) is 0 Å². The largest absolute Gasteiger partial charge is 0.367 e. The minimum Gasteiger partial charge on any atom is -0.367 e. The monoisotopic (exact) mass is 226 g/mol. The topological polar surface area (TPSA) is 69.9 Å². The molecule has 2 N–H and O–H groups in total. The molecule has 0 spiro atoms. The number of nitrogen functional groups attached to an aromatic ring is 1. The lowest BCUT2D eigenvalue weighted by Crippen LogP contribution is -1.94. The van der Waals surface area contributed by atoms with E-state index in [1.54, 1.807) is 18.7 Å². The Bertz CT molecular complexity index is 628. The van der Waals surface area contributed by atoms with Crippen molar-refractivity contribution in [2.24, 2.45) is 0 Å². The Kier molecular flexibility index (Phi) is 2.15. The molecule has 0 saturated heterocycles. The predicted octanol–water partition coefficient (Wildman–Crippen LogP) is 2.11. The van der Waals surface area contributed by atoms with E-state index in [0.29, 0.717) is 5.88 Å². The lowest BCUT2D eigenvalue weighted by molar-refractivity contribution is 0.436. The molecule has 84 valence electrons. The van der Waals surface area contributed by atoms with E-state index in [1.165, 1.54) is 0 Å². The second-order valence-corrected chi connectivity index (χ2v) is 3.59. The van der Waals surface area contributed by atoms with Crippen LogP contribution in [0.1, 0.15) is 0 Å². The molecule has 3 rings (SSSR count). The maximum absolute atomic E-state index is 5.74. The van der Waals surface area contributed by atoms with Crippen LogP contribution >= 0.6 is 0 Å². The van der Waals surface area contributed by atoms with Gasteiger partial charge in [0.05, 0.1) is 23.8 Å². The number of imidazole rings is 1. The zero-order valence-electron chi connectivity index (χ0n) is 8.95. The van der Waals surface area contributed by atoms with E-state index >= 15 is 0 Å². The Morgan fingerprint density at radius 3 is 2.76 bits per heavy atom. The Balaban J connectivity index is 2.22. The maximum atomic E-state index is 5.74. The quantitative estimate of drug-likeness (QED) is 0.726. The Morgan fingerprint density at radius 2 is 2.06 bits per heavy atom. The molecule has 2 heterocycles. The average Bonchev–Trinajstić information content (AvgIpc) is 3.00. The van der Waals surface area contributed by atoms with Crippen LogP contribution in [0.15, 0.2) is 53.7 Å². The van der Waals surface area contributed by atoms with Crippen molar-refractivity contribution in [2.75, 3.05) is 5.73 Å². The molecule has 0 saturated carbocycles. The van der Waals surface area contributed by atoms with E-state index in [2.05, 4.69) is 10.1 Å². The van der Waals surface area contributed by atoms with Gasteiger partial charge in [-0.05, 0) is 6.07 Å². The lowest BCUT2D eigenvalue weighted by atomic mass is 10.1. The molecule has 2 aromatic heterocycles. The van der Waals surface area contributed by atoms with Gasteiger partial charge in [0.1, 0.15) is 0 Å². The van der Waals surface area contributed by atoms with Crippen LogP contribution < -0.4 is 5.73 Å². The molecule has 0 bridgehead atoms. The molecule has 0 aliphatic rings. The SMILES string of the molecule is Nc1oncc1-c1ccccc1-n1ccnc1. The Labute approximate surface area is 97.5 Å². The summed E-state index contributed by atoms with van der Waals surface area (Å²) in [5.41, 5.74) is 8.48. The van der Waals surface area contributed by atoms with Crippen molar-refractivity contribution in [1.29, 1.82) is 0 Å². The summed E-state index contributed by atoms with van der Waals surface area (Å²) in [6.45, 7) is 0. The Morgan fingerprint density at radius 1 is 1.18 bits per heavy atom. The van der Waals surface area contributed by atoms with E-state index in [-0.39, 0.29) is 0 Å². The van der Waals surface area contributed by atoms with Crippen LogP contribution in [-0.2, 0) is 0 Å². The second kappa shape index (κ2) is 3.79. The number of nitrogens with zero attached hydrogens (tertiary/aromatic N) is 3. The summed E-state index contributed by atoms with van der Waals surface area (Å²) in [6.07, 6.45) is 6.96. The Hall–Kier alpha value is -2.56. The number of nitrogens with two attached hydrogens (primary N) is 1. The number of anilines is 1. The van der Waals surface area contributed by atoms with Gasteiger partial charge >= 0.3 is 0 Å². The first-order valence-electron chi connectivity index (χ1n) is 5.14. The minimum atomic E-state index is 0.317. The van der Waals surface area contributed by atoms with Crippen LogP contribution in [-0.4, -0.2) is 14.7 Å². The first kappa shape index (κ1) is 9.65. The van der Waals surface area contributed by atoms with Crippen LogP contribution in [0.5, 0.6) is 0 Å². The average molecular weight is 226 g/mol. The second-order valence-electron chi connectivity index (χ2n) is 3.59. The van der Waals surface area contributed by atoms with Crippen LogP contribution in [0.3, 0.4) is 0 Å². The third kappa shape index (κ3) is 1.57. The number of hydrogen-bond acceptors (Lipinski definition) is 4. The van der Waals surface area contributed by atoms with E-state index in [0.717, 1.165) is 16.8 Å². The maximum Gasteiger partial charge on any atom is 0.230 e. The van der Waals surface area contributed by atoms with Crippen LogP contribution in [0.25, 0.3) is 16.8 Å². The van der Waals surface area contributed by atoms with E-state index in [9.17, 15) is 0 Å². The summed E-state index contributed by atoms with van der Waals surface area (Å²) in [4.78, 5) is 4.04. The van der Waals surface area contributed by atoms with Crippen LogP contribution in [0, 0.1) is 0 Å². The zero-order chi connectivity index (χ0) is 11.7. The molecule has 0 aliphatic heterocycles. The van der Waals surface area contributed by atoms with Gasteiger partial charge < -0.3 is 14.8 Å². The molecule has 5 heteroatoms. The summed E-state index contributed by atoms with van der Waals surface area (Å²) in [6, 6.07) is 7.87. The lowest BCUT2D eigenvalue weighted by Gasteiger charge is -2.08. The summed E-state index contributed by atoms with van der Waals surface area (Å²) in [5.74, 6) is 0.317. The van der Waals surface area contributed by atoms with Crippen molar-refractivity contribution in [3.05, 3.63) is 49.2 Å². The van der Waals surface area contributed by atoms with Crippen molar-refractivity contribution in [3.63, 3.8) is 0 Å². The third-order valence-electron chi connectivity index (χ3n) is 2.58. The normalized spacial score (nSPS) is 10.6. The highest BCUT2D eigenvalue weighted by Gasteiger charge is 2.11. The molecule has 3 aromatic rings. The number of rotatable bonds is 2.